The number of hydrogen-bond acceptors (Lipinski definition) is 3. The molecule has 1 aromatic rings. The molecule has 1 rings (SSSR count). The summed E-state index contributed by atoms with van der Waals surface area (Å²) in [6.45, 7) is 8.36. The average molecular weight is 313 g/mol. The largest absolute Gasteiger partial charge is 0.479 e. The Labute approximate surface area is 132 Å². The van der Waals surface area contributed by atoms with Gasteiger partial charge in [0.25, 0.3) is 5.91 Å². The second-order valence-corrected chi connectivity index (χ2v) is 6.15. The van der Waals surface area contributed by atoms with Gasteiger partial charge in [0, 0.05) is 17.6 Å². The molecule has 2 N–H and O–H groups in total. The van der Waals surface area contributed by atoms with Crippen molar-refractivity contribution >= 4 is 17.5 Å². The van der Waals surface area contributed by atoms with Gasteiger partial charge in [0.1, 0.15) is 5.75 Å². The molecule has 0 aliphatic heterocycles. The van der Waals surface area contributed by atoms with Crippen LogP contribution in [0.25, 0.3) is 0 Å². The van der Waals surface area contributed by atoms with E-state index in [9.17, 15) is 4.79 Å². The van der Waals surface area contributed by atoms with Crippen LogP contribution >= 0.6 is 11.6 Å². The van der Waals surface area contributed by atoms with Crippen LogP contribution in [-0.2, 0) is 11.3 Å². The van der Waals surface area contributed by atoms with E-state index in [-0.39, 0.29) is 11.4 Å². The van der Waals surface area contributed by atoms with Crippen molar-refractivity contribution in [1.29, 1.82) is 0 Å². The van der Waals surface area contributed by atoms with Crippen molar-refractivity contribution in [2.75, 3.05) is 7.05 Å². The third-order valence-electron chi connectivity index (χ3n) is 3.43. The Balaban J connectivity index is 2.83. The molecule has 1 unspecified atom stereocenters. The molecule has 5 heteroatoms. The van der Waals surface area contributed by atoms with E-state index in [0.717, 1.165) is 12.0 Å². The quantitative estimate of drug-likeness (QED) is 0.813. The van der Waals surface area contributed by atoms with Crippen molar-refractivity contribution in [2.45, 2.75) is 52.3 Å². The number of benzene rings is 1. The van der Waals surface area contributed by atoms with Crippen LogP contribution in [0.2, 0.25) is 5.02 Å². The molecule has 0 spiro atoms. The molecule has 0 aliphatic carbocycles. The van der Waals surface area contributed by atoms with Crippen molar-refractivity contribution in [2.24, 2.45) is 0 Å². The molecule has 0 saturated heterocycles. The topological polar surface area (TPSA) is 50.4 Å². The molecule has 0 radical (unpaired) electrons. The molecule has 1 atom stereocenters. The highest BCUT2D eigenvalue weighted by atomic mass is 35.5. The van der Waals surface area contributed by atoms with Gasteiger partial charge < -0.3 is 15.4 Å². The van der Waals surface area contributed by atoms with Crippen LogP contribution in [-0.4, -0.2) is 24.6 Å². The molecule has 0 bridgehead atoms. The molecular weight excluding hydrogens is 288 g/mol. The highest BCUT2D eigenvalue weighted by molar-refractivity contribution is 6.32. The van der Waals surface area contributed by atoms with Crippen LogP contribution in [0.4, 0.5) is 0 Å². The monoisotopic (exact) mass is 312 g/mol. The Bertz CT molecular complexity index is 489. The number of carbonyl (C=O) groups is 1. The van der Waals surface area contributed by atoms with Crippen LogP contribution in [0.1, 0.15) is 39.7 Å². The molecule has 0 aromatic heterocycles. The van der Waals surface area contributed by atoms with Crippen LogP contribution in [0.15, 0.2) is 18.2 Å². The molecular formula is C16H25ClN2O2. The summed E-state index contributed by atoms with van der Waals surface area (Å²) < 4.78 is 5.80. The lowest BCUT2D eigenvalue weighted by Crippen LogP contribution is -2.48. The normalized spacial score (nSPS) is 12.9. The lowest BCUT2D eigenvalue weighted by molar-refractivity contribution is -0.129. The molecule has 0 saturated carbocycles. The van der Waals surface area contributed by atoms with E-state index in [0.29, 0.717) is 17.3 Å². The van der Waals surface area contributed by atoms with Crippen LogP contribution < -0.4 is 15.4 Å². The average Bonchev–Trinajstić information content (AvgIpc) is 2.42. The molecule has 1 aromatic carbocycles. The predicted octanol–water partition coefficient (Wildman–Crippen LogP) is 3.13. The highest BCUT2D eigenvalue weighted by Crippen LogP contribution is 2.29. The van der Waals surface area contributed by atoms with Gasteiger partial charge in [-0.1, -0.05) is 30.7 Å². The SMILES string of the molecule is CCC(C)(C)NC(=O)C(C)Oc1c(Cl)cccc1CNC. The summed E-state index contributed by atoms with van der Waals surface area (Å²) in [5, 5.41) is 6.55. The molecule has 0 heterocycles. The lowest BCUT2D eigenvalue weighted by Gasteiger charge is -2.27. The van der Waals surface area contributed by atoms with Crippen molar-refractivity contribution < 1.29 is 9.53 Å². The molecule has 0 aliphatic rings. The number of nitrogens with one attached hydrogen (secondary N) is 2. The number of amides is 1. The van der Waals surface area contributed by atoms with E-state index in [4.69, 9.17) is 16.3 Å². The first kappa shape index (κ1) is 17.8. The van der Waals surface area contributed by atoms with E-state index in [2.05, 4.69) is 10.6 Å². The predicted molar refractivity (Wildman–Crippen MR) is 86.8 cm³/mol. The summed E-state index contributed by atoms with van der Waals surface area (Å²) in [6.07, 6.45) is 0.245. The number of halogens is 1. The van der Waals surface area contributed by atoms with Gasteiger partial charge in [0.15, 0.2) is 6.10 Å². The Morgan fingerprint density at radius 1 is 1.43 bits per heavy atom. The fraction of sp³-hybridized carbons (Fsp3) is 0.562. The summed E-state index contributed by atoms with van der Waals surface area (Å²) in [5.74, 6) is 0.419. The van der Waals surface area contributed by atoms with Crippen LogP contribution in [0.3, 0.4) is 0 Å². The Morgan fingerprint density at radius 3 is 2.67 bits per heavy atom. The first-order valence-corrected chi connectivity index (χ1v) is 7.59. The number of hydrogen-bond donors (Lipinski definition) is 2. The third kappa shape index (κ3) is 5.21. The van der Waals surface area contributed by atoms with Gasteiger partial charge in [0.2, 0.25) is 0 Å². The lowest BCUT2D eigenvalue weighted by atomic mass is 10.0. The number of ether oxygens (including phenoxy) is 1. The van der Waals surface area contributed by atoms with Gasteiger partial charge in [-0.05, 0) is 40.3 Å². The highest BCUT2D eigenvalue weighted by Gasteiger charge is 2.24. The maximum Gasteiger partial charge on any atom is 0.261 e. The first-order valence-electron chi connectivity index (χ1n) is 7.21. The molecule has 1 amide bonds. The van der Waals surface area contributed by atoms with Gasteiger partial charge in [-0.15, -0.1) is 0 Å². The summed E-state index contributed by atoms with van der Waals surface area (Å²) in [4.78, 5) is 12.2. The fourth-order valence-corrected chi connectivity index (χ4v) is 2.01. The van der Waals surface area contributed by atoms with E-state index < -0.39 is 6.10 Å². The minimum Gasteiger partial charge on any atom is -0.479 e. The first-order chi connectivity index (χ1) is 9.80. The van der Waals surface area contributed by atoms with Gasteiger partial charge in [-0.2, -0.15) is 0 Å². The van der Waals surface area contributed by atoms with Crippen molar-refractivity contribution in [3.63, 3.8) is 0 Å². The van der Waals surface area contributed by atoms with E-state index in [1.54, 1.807) is 13.0 Å². The summed E-state index contributed by atoms with van der Waals surface area (Å²) >= 11 is 6.19. The maximum absolute atomic E-state index is 12.2. The van der Waals surface area contributed by atoms with Gasteiger partial charge in [-0.3, -0.25) is 4.79 Å². The zero-order valence-corrected chi connectivity index (χ0v) is 14.2. The number of para-hydroxylation sites is 1. The van der Waals surface area contributed by atoms with Gasteiger partial charge in [-0.25, -0.2) is 0 Å². The smallest absolute Gasteiger partial charge is 0.261 e. The summed E-state index contributed by atoms with van der Waals surface area (Å²) in [6, 6.07) is 5.56. The van der Waals surface area contributed by atoms with E-state index in [1.807, 2.05) is 40.0 Å². The molecule has 0 fully saturated rings. The third-order valence-corrected chi connectivity index (χ3v) is 3.72. The second-order valence-electron chi connectivity index (χ2n) is 5.75. The number of carbonyl (C=O) groups excluding carboxylic acids is 1. The summed E-state index contributed by atoms with van der Waals surface area (Å²) in [7, 11) is 1.85. The fourth-order valence-electron chi connectivity index (χ4n) is 1.77. The molecule has 21 heavy (non-hydrogen) atoms. The number of rotatable bonds is 7. The van der Waals surface area contributed by atoms with Gasteiger partial charge >= 0.3 is 0 Å². The Kier molecular flexibility index (Phi) is 6.49. The molecule has 4 nitrogen and oxygen atoms in total. The zero-order valence-electron chi connectivity index (χ0n) is 13.4. The van der Waals surface area contributed by atoms with Gasteiger partial charge in [0.05, 0.1) is 5.02 Å². The van der Waals surface area contributed by atoms with Crippen molar-refractivity contribution in [1.82, 2.24) is 10.6 Å². The maximum atomic E-state index is 12.2. The van der Waals surface area contributed by atoms with E-state index in [1.165, 1.54) is 0 Å². The van der Waals surface area contributed by atoms with E-state index >= 15 is 0 Å². The molecule has 118 valence electrons. The van der Waals surface area contributed by atoms with Crippen molar-refractivity contribution in [3.8, 4) is 5.75 Å². The minimum absolute atomic E-state index is 0.142. The Morgan fingerprint density at radius 2 is 2.10 bits per heavy atom. The van der Waals surface area contributed by atoms with Crippen LogP contribution in [0, 0.1) is 0 Å². The Hall–Kier alpha value is -1.26. The zero-order chi connectivity index (χ0) is 16.0. The summed E-state index contributed by atoms with van der Waals surface area (Å²) in [5.41, 5.74) is 0.683. The van der Waals surface area contributed by atoms with Crippen molar-refractivity contribution in [3.05, 3.63) is 28.8 Å². The van der Waals surface area contributed by atoms with Crippen LogP contribution in [0.5, 0.6) is 5.75 Å². The standard InChI is InChI=1S/C16H25ClN2O2/c1-6-16(3,4)19-15(20)11(2)21-14-12(10-18-5)8-7-9-13(14)17/h7-9,11,18H,6,10H2,1-5H3,(H,19,20). The minimum atomic E-state index is -0.605. The second kappa shape index (κ2) is 7.66.